The van der Waals surface area contributed by atoms with E-state index in [4.69, 9.17) is 0 Å². The second-order valence-electron chi connectivity index (χ2n) is 3.78. The van der Waals surface area contributed by atoms with Gasteiger partial charge in [0.2, 0.25) is 0 Å². The summed E-state index contributed by atoms with van der Waals surface area (Å²) in [5.74, 6) is -0.316. The van der Waals surface area contributed by atoms with E-state index in [0.717, 1.165) is 15.7 Å². The summed E-state index contributed by atoms with van der Waals surface area (Å²) in [6.45, 7) is 1.97. The molecule has 4 heteroatoms. The Morgan fingerprint density at radius 1 is 1.29 bits per heavy atom. The predicted octanol–water partition coefficient (Wildman–Crippen LogP) is 4.16. The van der Waals surface area contributed by atoms with E-state index in [0.29, 0.717) is 0 Å². The van der Waals surface area contributed by atoms with Gasteiger partial charge in [-0.25, -0.2) is 4.39 Å². The molecule has 0 aliphatic rings. The number of aromatic nitrogens is 1. The highest BCUT2D eigenvalue weighted by atomic mass is 79.9. The highest BCUT2D eigenvalue weighted by Crippen LogP contribution is 2.25. The third-order valence-corrected chi connectivity index (χ3v) is 3.16. The number of hydrogen-bond donors (Lipinski definition) is 1. The van der Waals surface area contributed by atoms with Crippen molar-refractivity contribution in [3.05, 3.63) is 58.6 Å². The number of benzene rings is 1. The van der Waals surface area contributed by atoms with Crippen LogP contribution in [0.2, 0.25) is 0 Å². The van der Waals surface area contributed by atoms with E-state index in [1.807, 2.05) is 31.2 Å². The zero-order valence-electron chi connectivity index (χ0n) is 9.32. The van der Waals surface area contributed by atoms with Crippen LogP contribution in [0.1, 0.15) is 18.5 Å². The van der Waals surface area contributed by atoms with Gasteiger partial charge in [-0.05, 0) is 46.6 Å². The molecule has 1 heterocycles. The minimum absolute atomic E-state index is 0.00287. The molecule has 2 nitrogen and oxygen atoms in total. The number of anilines is 1. The summed E-state index contributed by atoms with van der Waals surface area (Å²) < 4.78 is 14.0. The maximum atomic E-state index is 13.0. The fourth-order valence-electron chi connectivity index (χ4n) is 1.56. The van der Waals surface area contributed by atoms with Gasteiger partial charge in [0, 0.05) is 16.4 Å². The third-order valence-electron chi connectivity index (χ3n) is 2.47. The number of rotatable bonds is 3. The second kappa shape index (κ2) is 5.27. The number of halogens is 2. The Kier molecular flexibility index (Phi) is 3.74. The number of nitrogens with zero attached hydrogens (tertiary/aromatic N) is 1. The van der Waals surface area contributed by atoms with Gasteiger partial charge < -0.3 is 5.32 Å². The normalized spacial score (nSPS) is 12.2. The van der Waals surface area contributed by atoms with E-state index in [1.54, 1.807) is 6.20 Å². The van der Waals surface area contributed by atoms with Gasteiger partial charge >= 0.3 is 0 Å². The molecule has 0 aliphatic carbocycles. The van der Waals surface area contributed by atoms with Crippen LogP contribution in [0.25, 0.3) is 0 Å². The molecule has 2 rings (SSSR count). The van der Waals surface area contributed by atoms with Crippen LogP contribution >= 0.6 is 15.9 Å². The molecular formula is C13H12BrFN2. The molecule has 0 aliphatic heterocycles. The molecule has 2 aromatic rings. The first-order chi connectivity index (χ1) is 8.16. The fourth-order valence-corrected chi connectivity index (χ4v) is 1.96. The van der Waals surface area contributed by atoms with Crippen molar-refractivity contribution in [3.8, 4) is 0 Å². The summed E-state index contributed by atoms with van der Waals surface area (Å²) in [7, 11) is 0. The van der Waals surface area contributed by atoms with Gasteiger partial charge in [-0.2, -0.15) is 0 Å². The molecule has 0 spiro atoms. The van der Waals surface area contributed by atoms with Crippen molar-refractivity contribution >= 4 is 21.6 Å². The van der Waals surface area contributed by atoms with Crippen molar-refractivity contribution in [3.63, 3.8) is 0 Å². The molecule has 1 N–H and O–H groups in total. The Bertz CT molecular complexity index is 516. The quantitative estimate of drug-likeness (QED) is 0.919. The molecule has 0 radical (unpaired) electrons. The largest absolute Gasteiger partial charge is 0.378 e. The number of para-hydroxylation sites is 1. The zero-order valence-corrected chi connectivity index (χ0v) is 10.9. The van der Waals surface area contributed by atoms with Crippen LogP contribution in [0.15, 0.2) is 47.2 Å². The Morgan fingerprint density at radius 2 is 2.06 bits per heavy atom. The second-order valence-corrected chi connectivity index (χ2v) is 4.64. The fraction of sp³-hybridized carbons (Fsp3) is 0.154. The molecule has 0 saturated carbocycles. The monoisotopic (exact) mass is 294 g/mol. The van der Waals surface area contributed by atoms with Crippen LogP contribution in [-0.2, 0) is 0 Å². The summed E-state index contributed by atoms with van der Waals surface area (Å²) in [5.41, 5.74) is 1.80. The number of pyridine rings is 1. The number of hydrogen-bond acceptors (Lipinski definition) is 2. The standard InChI is InChI=1S/C13H12BrFN2/c1-9(10-6-11(15)8-16-7-10)17-13-5-3-2-4-12(13)14/h2-9,17H,1H3. The molecule has 1 aromatic heterocycles. The summed E-state index contributed by atoms with van der Waals surface area (Å²) in [4.78, 5) is 3.84. The van der Waals surface area contributed by atoms with E-state index in [1.165, 1.54) is 12.3 Å². The minimum atomic E-state index is -0.316. The molecule has 1 atom stereocenters. The van der Waals surface area contributed by atoms with E-state index >= 15 is 0 Å². The number of nitrogens with one attached hydrogen (secondary N) is 1. The Hall–Kier alpha value is -1.42. The van der Waals surface area contributed by atoms with Crippen LogP contribution in [0.5, 0.6) is 0 Å². The molecule has 1 aromatic carbocycles. The van der Waals surface area contributed by atoms with Crippen LogP contribution in [0.4, 0.5) is 10.1 Å². The maximum absolute atomic E-state index is 13.0. The predicted molar refractivity (Wildman–Crippen MR) is 70.4 cm³/mol. The molecule has 0 amide bonds. The summed E-state index contributed by atoms with van der Waals surface area (Å²) in [6, 6.07) is 9.30. The van der Waals surface area contributed by atoms with Gasteiger partial charge in [0.25, 0.3) is 0 Å². The average molecular weight is 295 g/mol. The van der Waals surface area contributed by atoms with Crippen LogP contribution in [-0.4, -0.2) is 4.98 Å². The lowest BCUT2D eigenvalue weighted by atomic mass is 10.1. The van der Waals surface area contributed by atoms with E-state index in [-0.39, 0.29) is 11.9 Å². The van der Waals surface area contributed by atoms with Crippen LogP contribution in [0.3, 0.4) is 0 Å². The molecular weight excluding hydrogens is 283 g/mol. The molecule has 88 valence electrons. The molecule has 0 bridgehead atoms. The zero-order chi connectivity index (χ0) is 12.3. The van der Waals surface area contributed by atoms with Crippen molar-refractivity contribution < 1.29 is 4.39 Å². The first-order valence-corrected chi connectivity index (χ1v) is 6.07. The lowest BCUT2D eigenvalue weighted by molar-refractivity contribution is 0.616. The summed E-state index contributed by atoms with van der Waals surface area (Å²) >= 11 is 3.46. The molecule has 0 fully saturated rings. The Balaban J connectivity index is 2.17. The highest BCUT2D eigenvalue weighted by molar-refractivity contribution is 9.10. The van der Waals surface area contributed by atoms with Gasteiger partial charge in [0.15, 0.2) is 0 Å². The van der Waals surface area contributed by atoms with E-state index in [2.05, 4.69) is 26.2 Å². The minimum Gasteiger partial charge on any atom is -0.378 e. The van der Waals surface area contributed by atoms with E-state index in [9.17, 15) is 4.39 Å². The summed E-state index contributed by atoms with van der Waals surface area (Å²) in [6.07, 6.45) is 2.87. The average Bonchev–Trinajstić information content (AvgIpc) is 2.32. The lowest BCUT2D eigenvalue weighted by Crippen LogP contribution is -2.07. The van der Waals surface area contributed by atoms with Crippen LogP contribution < -0.4 is 5.32 Å². The van der Waals surface area contributed by atoms with Crippen LogP contribution in [0, 0.1) is 5.82 Å². The Morgan fingerprint density at radius 3 is 2.76 bits per heavy atom. The van der Waals surface area contributed by atoms with Gasteiger partial charge in [0.05, 0.1) is 12.2 Å². The third kappa shape index (κ3) is 3.03. The van der Waals surface area contributed by atoms with Gasteiger partial charge in [-0.1, -0.05) is 12.1 Å². The SMILES string of the molecule is CC(Nc1ccccc1Br)c1cncc(F)c1. The lowest BCUT2D eigenvalue weighted by Gasteiger charge is -2.16. The molecule has 0 saturated heterocycles. The highest BCUT2D eigenvalue weighted by Gasteiger charge is 2.08. The first kappa shape index (κ1) is 12.0. The van der Waals surface area contributed by atoms with Crippen molar-refractivity contribution in [1.29, 1.82) is 0 Å². The smallest absolute Gasteiger partial charge is 0.141 e. The summed E-state index contributed by atoms with van der Waals surface area (Å²) in [5, 5.41) is 3.30. The first-order valence-electron chi connectivity index (χ1n) is 5.28. The Labute approximate surface area is 108 Å². The maximum Gasteiger partial charge on any atom is 0.141 e. The topological polar surface area (TPSA) is 24.9 Å². The van der Waals surface area contributed by atoms with Gasteiger partial charge in [-0.15, -0.1) is 0 Å². The van der Waals surface area contributed by atoms with Crippen molar-refractivity contribution in [1.82, 2.24) is 4.98 Å². The molecule has 17 heavy (non-hydrogen) atoms. The van der Waals surface area contributed by atoms with Crippen molar-refractivity contribution in [2.45, 2.75) is 13.0 Å². The van der Waals surface area contributed by atoms with Gasteiger partial charge in [0.1, 0.15) is 5.82 Å². The van der Waals surface area contributed by atoms with Crippen molar-refractivity contribution in [2.75, 3.05) is 5.32 Å². The van der Waals surface area contributed by atoms with E-state index < -0.39 is 0 Å². The molecule has 1 unspecified atom stereocenters. The van der Waals surface area contributed by atoms with Crippen molar-refractivity contribution in [2.24, 2.45) is 0 Å². The van der Waals surface area contributed by atoms with Gasteiger partial charge in [-0.3, -0.25) is 4.98 Å².